The first kappa shape index (κ1) is 21.3. The van der Waals surface area contributed by atoms with Crippen LogP contribution in [0, 0.1) is 11.6 Å². The Morgan fingerprint density at radius 2 is 2.00 bits per heavy atom. The summed E-state index contributed by atoms with van der Waals surface area (Å²) < 4.78 is 33.4. The number of halogens is 2. The van der Waals surface area contributed by atoms with Gasteiger partial charge in [0.05, 0.1) is 37.2 Å². The summed E-state index contributed by atoms with van der Waals surface area (Å²) in [7, 11) is 1.23. The predicted octanol–water partition coefficient (Wildman–Crippen LogP) is 3.86. The van der Waals surface area contributed by atoms with Gasteiger partial charge in [0.2, 0.25) is 5.91 Å². The summed E-state index contributed by atoms with van der Waals surface area (Å²) in [4.78, 5) is 22.4. The van der Waals surface area contributed by atoms with E-state index in [1.807, 2.05) is 24.3 Å². The Balaban J connectivity index is 1.65. The van der Waals surface area contributed by atoms with Gasteiger partial charge in [-0.2, -0.15) is 0 Å². The van der Waals surface area contributed by atoms with Crippen LogP contribution in [0.1, 0.15) is 28.9 Å². The second kappa shape index (κ2) is 8.44. The molecule has 0 bridgehead atoms. The first-order valence-electron chi connectivity index (χ1n) is 10.8. The van der Waals surface area contributed by atoms with E-state index < -0.39 is 17.4 Å². The van der Waals surface area contributed by atoms with E-state index >= 15 is 0 Å². The molecule has 33 heavy (non-hydrogen) atoms. The maximum atomic E-state index is 14.3. The summed E-state index contributed by atoms with van der Waals surface area (Å²) in [6, 6.07) is 10.5. The van der Waals surface area contributed by atoms with Crippen molar-refractivity contribution >= 4 is 27.7 Å². The van der Waals surface area contributed by atoms with Crippen LogP contribution in [0.5, 0.6) is 5.75 Å². The number of hydrogen-bond acceptors (Lipinski definition) is 4. The number of nitrogens with zero attached hydrogens (tertiary/aromatic N) is 2. The van der Waals surface area contributed by atoms with Crippen LogP contribution in [0.15, 0.2) is 36.4 Å². The number of carbonyl (C=O) groups is 1. The van der Waals surface area contributed by atoms with E-state index in [1.165, 1.54) is 19.2 Å². The third-order valence-corrected chi connectivity index (χ3v) is 6.20. The van der Waals surface area contributed by atoms with Gasteiger partial charge in [0.15, 0.2) is 17.4 Å². The zero-order valence-corrected chi connectivity index (χ0v) is 18.1. The normalized spacial score (nSPS) is 13.5. The Hall–Kier alpha value is -3.52. The van der Waals surface area contributed by atoms with Crippen LogP contribution < -0.4 is 4.74 Å². The van der Waals surface area contributed by atoms with Gasteiger partial charge in [-0.05, 0) is 35.7 Å². The van der Waals surface area contributed by atoms with Gasteiger partial charge < -0.3 is 19.7 Å². The molecule has 5 rings (SSSR count). The van der Waals surface area contributed by atoms with Gasteiger partial charge in [-0.1, -0.05) is 18.2 Å². The molecule has 0 atom stereocenters. The lowest BCUT2D eigenvalue weighted by Crippen LogP contribution is -2.37. The third-order valence-electron chi connectivity index (χ3n) is 6.20. The number of rotatable bonds is 5. The SMILES string of the molecule is COc1c(F)cc(Cc2nc3c(c4c2[nH]c2ccccc24)CCN(C(=O)CCO)C3)cc1F. The number of amides is 1. The molecule has 0 saturated carbocycles. The number of fused-ring (bicyclic) bond motifs is 5. The van der Waals surface area contributed by atoms with Crippen LogP contribution >= 0.6 is 0 Å². The minimum Gasteiger partial charge on any atom is -0.491 e. The number of hydrogen-bond donors (Lipinski definition) is 2. The summed E-state index contributed by atoms with van der Waals surface area (Å²) in [5.41, 5.74) is 4.72. The van der Waals surface area contributed by atoms with Crippen LogP contribution in [0.4, 0.5) is 8.78 Å². The summed E-state index contributed by atoms with van der Waals surface area (Å²) in [6.45, 7) is 0.690. The fourth-order valence-electron chi connectivity index (χ4n) is 4.71. The number of benzene rings is 2. The molecule has 0 spiro atoms. The topological polar surface area (TPSA) is 78.5 Å². The van der Waals surface area contributed by atoms with Crippen molar-refractivity contribution in [2.24, 2.45) is 0 Å². The highest BCUT2D eigenvalue weighted by Gasteiger charge is 2.26. The number of nitrogens with one attached hydrogen (secondary N) is 1. The smallest absolute Gasteiger partial charge is 0.225 e. The molecule has 2 N–H and O–H groups in total. The van der Waals surface area contributed by atoms with E-state index in [-0.39, 0.29) is 25.4 Å². The molecule has 0 saturated heterocycles. The zero-order valence-electron chi connectivity index (χ0n) is 18.1. The highest BCUT2D eigenvalue weighted by molar-refractivity contribution is 6.10. The lowest BCUT2D eigenvalue weighted by Gasteiger charge is -2.29. The maximum absolute atomic E-state index is 14.3. The highest BCUT2D eigenvalue weighted by Crippen LogP contribution is 2.35. The van der Waals surface area contributed by atoms with Crippen molar-refractivity contribution in [3.8, 4) is 5.75 Å². The third kappa shape index (κ3) is 3.70. The van der Waals surface area contributed by atoms with Gasteiger partial charge >= 0.3 is 0 Å². The van der Waals surface area contributed by atoms with Crippen molar-refractivity contribution in [2.45, 2.75) is 25.8 Å². The Morgan fingerprint density at radius 1 is 1.24 bits per heavy atom. The van der Waals surface area contributed by atoms with E-state index in [9.17, 15) is 13.6 Å². The minimum atomic E-state index is -0.765. The maximum Gasteiger partial charge on any atom is 0.225 e. The number of aliphatic hydroxyl groups is 1. The van der Waals surface area contributed by atoms with E-state index in [1.54, 1.807) is 4.90 Å². The van der Waals surface area contributed by atoms with Crippen LogP contribution in [0.25, 0.3) is 21.8 Å². The first-order valence-corrected chi connectivity index (χ1v) is 10.8. The van der Waals surface area contributed by atoms with Gasteiger partial charge in [-0.15, -0.1) is 0 Å². The lowest BCUT2D eigenvalue weighted by atomic mass is 9.96. The molecule has 1 aliphatic rings. The van der Waals surface area contributed by atoms with Crippen LogP contribution in [0.2, 0.25) is 0 Å². The van der Waals surface area contributed by atoms with Crippen molar-refractivity contribution in [1.29, 1.82) is 0 Å². The molecule has 2 aromatic carbocycles. The fraction of sp³-hybridized carbons (Fsp3) is 0.280. The molecule has 0 radical (unpaired) electrons. The molecule has 4 aromatic rings. The molecule has 6 nitrogen and oxygen atoms in total. The molecule has 2 aromatic heterocycles. The Labute approximate surface area is 188 Å². The fourth-order valence-corrected chi connectivity index (χ4v) is 4.71. The summed E-state index contributed by atoms with van der Waals surface area (Å²) in [6.07, 6.45) is 0.921. The van der Waals surface area contributed by atoms with Crippen LogP contribution in [0.3, 0.4) is 0 Å². The Bertz CT molecular complexity index is 1360. The molecule has 0 unspecified atom stereocenters. The number of aliphatic hydroxyl groups excluding tert-OH is 1. The number of methoxy groups -OCH3 is 1. The van der Waals surface area contributed by atoms with E-state index in [2.05, 4.69) is 4.98 Å². The van der Waals surface area contributed by atoms with Gasteiger partial charge in [0.1, 0.15) is 0 Å². The minimum absolute atomic E-state index is 0.0714. The number of pyridine rings is 1. The van der Waals surface area contributed by atoms with Gasteiger partial charge in [-0.25, -0.2) is 8.78 Å². The molecule has 1 amide bonds. The van der Waals surface area contributed by atoms with Crippen molar-refractivity contribution in [3.63, 3.8) is 0 Å². The number of para-hydroxylation sites is 1. The van der Waals surface area contributed by atoms with Crippen molar-refractivity contribution in [2.75, 3.05) is 20.3 Å². The van der Waals surface area contributed by atoms with Gasteiger partial charge in [0.25, 0.3) is 0 Å². The largest absolute Gasteiger partial charge is 0.491 e. The average Bonchev–Trinajstić information content (AvgIpc) is 3.19. The Kier molecular flexibility index (Phi) is 5.46. The highest BCUT2D eigenvalue weighted by atomic mass is 19.1. The molecular weight excluding hydrogens is 428 g/mol. The molecular formula is C25H23F2N3O3. The van der Waals surface area contributed by atoms with Crippen molar-refractivity contribution in [3.05, 3.63) is 70.5 Å². The average molecular weight is 451 g/mol. The summed E-state index contributed by atoms with van der Waals surface area (Å²) in [5, 5.41) is 11.2. The second-order valence-electron chi connectivity index (χ2n) is 8.21. The van der Waals surface area contributed by atoms with E-state index in [0.29, 0.717) is 30.8 Å². The number of H-pyrrole nitrogens is 1. The van der Waals surface area contributed by atoms with Gasteiger partial charge in [0, 0.05) is 35.7 Å². The second-order valence-corrected chi connectivity index (χ2v) is 8.21. The number of carbonyl (C=O) groups excluding carboxylic acids is 1. The van der Waals surface area contributed by atoms with Crippen molar-refractivity contribution in [1.82, 2.24) is 14.9 Å². The Morgan fingerprint density at radius 3 is 2.73 bits per heavy atom. The van der Waals surface area contributed by atoms with E-state index in [4.69, 9.17) is 14.8 Å². The lowest BCUT2D eigenvalue weighted by molar-refractivity contribution is -0.132. The zero-order chi connectivity index (χ0) is 23.1. The van der Waals surface area contributed by atoms with Crippen LogP contribution in [-0.4, -0.2) is 46.1 Å². The molecule has 3 heterocycles. The number of ether oxygens (including phenoxy) is 1. The quantitative estimate of drug-likeness (QED) is 0.483. The molecule has 0 aliphatic carbocycles. The molecule has 8 heteroatoms. The molecule has 1 aliphatic heterocycles. The predicted molar refractivity (Wildman–Crippen MR) is 120 cm³/mol. The standard InChI is InChI=1S/C25H23F2N3O3/c1-33-25-17(26)10-14(11-18(25)27)12-20-24-23(15-4-2-3-5-19(15)29-24)16-6-8-30(13-21(16)28-20)22(32)7-9-31/h2-5,10-11,29,31H,6-9,12-13H2,1H3. The van der Waals surface area contributed by atoms with E-state index in [0.717, 1.165) is 33.1 Å². The van der Waals surface area contributed by atoms with Crippen molar-refractivity contribution < 1.29 is 23.4 Å². The number of aromatic amines is 1. The van der Waals surface area contributed by atoms with Crippen LogP contribution in [-0.2, 0) is 24.2 Å². The monoisotopic (exact) mass is 451 g/mol. The van der Waals surface area contributed by atoms with Gasteiger partial charge in [-0.3, -0.25) is 9.78 Å². The molecule has 0 fully saturated rings. The molecule has 170 valence electrons. The summed E-state index contributed by atoms with van der Waals surface area (Å²) >= 11 is 0. The number of aromatic nitrogens is 2. The summed E-state index contributed by atoms with van der Waals surface area (Å²) in [5.74, 6) is -2.06. The first-order chi connectivity index (χ1) is 16.0.